The van der Waals surface area contributed by atoms with Crippen molar-refractivity contribution in [1.29, 1.82) is 0 Å². The summed E-state index contributed by atoms with van der Waals surface area (Å²) in [6.07, 6.45) is 4.01. The Balaban J connectivity index is 1.34. The molecule has 1 fully saturated rings. The number of hydrogen-bond donors (Lipinski definition) is 1. The number of fused-ring (bicyclic) bond motifs is 1. The van der Waals surface area contributed by atoms with E-state index in [9.17, 15) is 4.79 Å². The van der Waals surface area contributed by atoms with Crippen LogP contribution in [0, 0.1) is 13.8 Å². The fourth-order valence-electron chi connectivity index (χ4n) is 3.77. The summed E-state index contributed by atoms with van der Waals surface area (Å²) in [7, 11) is 0. The van der Waals surface area contributed by atoms with Gasteiger partial charge < -0.3 is 5.32 Å². The van der Waals surface area contributed by atoms with E-state index in [1.165, 1.54) is 5.56 Å². The molecule has 1 aliphatic rings. The van der Waals surface area contributed by atoms with Gasteiger partial charge in [-0.2, -0.15) is 0 Å². The van der Waals surface area contributed by atoms with Gasteiger partial charge in [0.2, 0.25) is 5.91 Å². The summed E-state index contributed by atoms with van der Waals surface area (Å²) in [4.78, 5) is 14.7. The van der Waals surface area contributed by atoms with Crippen LogP contribution in [-0.4, -0.2) is 45.0 Å². The van der Waals surface area contributed by atoms with Crippen molar-refractivity contribution in [2.75, 3.05) is 25.0 Å². The molecular weight excluding hydrogens is 338 g/mol. The van der Waals surface area contributed by atoms with Crippen molar-refractivity contribution in [2.45, 2.75) is 32.6 Å². The van der Waals surface area contributed by atoms with E-state index in [0.717, 1.165) is 48.7 Å². The highest BCUT2D eigenvalue weighted by molar-refractivity contribution is 5.93. The molecule has 3 aromatic rings. The lowest BCUT2D eigenvalue weighted by Gasteiger charge is -2.30. The minimum absolute atomic E-state index is 0.0510. The standard InChI is InChI=1S/C21H25N5O/c1-15-6-5-7-18(16(15)2)22-20(27)14-25-12-9-17(10-13-25)21-24-23-19-8-3-4-11-26(19)21/h3-8,11,17H,9-10,12-14H2,1-2H3,(H,22,27). The quantitative estimate of drug-likeness (QED) is 0.773. The first kappa shape index (κ1) is 17.7. The molecule has 0 spiro atoms. The van der Waals surface area contributed by atoms with Gasteiger partial charge >= 0.3 is 0 Å². The Bertz CT molecular complexity index is 956. The Hall–Kier alpha value is -2.73. The number of nitrogens with zero attached hydrogens (tertiary/aromatic N) is 4. The number of hydrogen-bond acceptors (Lipinski definition) is 4. The van der Waals surface area contributed by atoms with Crippen molar-refractivity contribution in [1.82, 2.24) is 19.5 Å². The number of carbonyl (C=O) groups excluding carboxylic acids is 1. The smallest absolute Gasteiger partial charge is 0.238 e. The number of pyridine rings is 1. The molecule has 1 aromatic carbocycles. The minimum Gasteiger partial charge on any atom is -0.325 e. The van der Waals surface area contributed by atoms with Gasteiger partial charge in [-0.15, -0.1) is 10.2 Å². The molecule has 140 valence electrons. The predicted molar refractivity (Wildman–Crippen MR) is 106 cm³/mol. The monoisotopic (exact) mass is 363 g/mol. The number of likely N-dealkylation sites (tertiary alicyclic amines) is 1. The number of carbonyl (C=O) groups is 1. The summed E-state index contributed by atoms with van der Waals surface area (Å²) >= 11 is 0. The Labute approximate surface area is 159 Å². The van der Waals surface area contributed by atoms with Crippen LogP contribution in [0.1, 0.15) is 35.7 Å². The molecule has 0 aliphatic carbocycles. The van der Waals surface area contributed by atoms with Crippen LogP contribution in [-0.2, 0) is 4.79 Å². The van der Waals surface area contributed by atoms with Crippen molar-refractivity contribution in [3.63, 3.8) is 0 Å². The summed E-state index contributed by atoms with van der Waals surface area (Å²) in [5.41, 5.74) is 4.12. The van der Waals surface area contributed by atoms with Gasteiger partial charge in [-0.25, -0.2) is 0 Å². The van der Waals surface area contributed by atoms with Crippen LogP contribution in [0.2, 0.25) is 0 Å². The Morgan fingerprint density at radius 3 is 2.74 bits per heavy atom. The summed E-state index contributed by atoms with van der Waals surface area (Å²) in [5.74, 6) is 1.47. The second-order valence-electron chi connectivity index (χ2n) is 7.33. The van der Waals surface area contributed by atoms with Gasteiger partial charge in [0.15, 0.2) is 5.65 Å². The average molecular weight is 363 g/mol. The number of amides is 1. The van der Waals surface area contributed by atoms with E-state index < -0.39 is 0 Å². The van der Waals surface area contributed by atoms with Gasteiger partial charge in [-0.05, 0) is 69.1 Å². The highest BCUT2D eigenvalue weighted by Crippen LogP contribution is 2.27. The van der Waals surface area contributed by atoms with Gasteiger partial charge in [0, 0.05) is 17.8 Å². The predicted octanol–water partition coefficient (Wildman–Crippen LogP) is 3.16. The second-order valence-corrected chi connectivity index (χ2v) is 7.33. The lowest BCUT2D eigenvalue weighted by atomic mass is 9.96. The van der Waals surface area contributed by atoms with E-state index >= 15 is 0 Å². The topological polar surface area (TPSA) is 62.5 Å². The number of piperidine rings is 1. The third-order valence-corrected chi connectivity index (χ3v) is 5.54. The third-order valence-electron chi connectivity index (χ3n) is 5.54. The van der Waals surface area contributed by atoms with Crippen LogP contribution in [0.4, 0.5) is 5.69 Å². The zero-order valence-electron chi connectivity index (χ0n) is 15.9. The Kier molecular flexibility index (Phi) is 4.90. The molecular formula is C21H25N5O. The number of rotatable bonds is 4. The highest BCUT2D eigenvalue weighted by Gasteiger charge is 2.25. The molecule has 1 saturated heterocycles. The molecule has 0 bridgehead atoms. The average Bonchev–Trinajstić information content (AvgIpc) is 3.10. The minimum atomic E-state index is 0.0510. The molecule has 1 aliphatic heterocycles. The Morgan fingerprint density at radius 1 is 1.11 bits per heavy atom. The summed E-state index contributed by atoms with van der Waals surface area (Å²) in [6, 6.07) is 12.0. The van der Waals surface area contributed by atoms with Crippen molar-refractivity contribution in [3.05, 3.63) is 59.5 Å². The maximum Gasteiger partial charge on any atom is 0.238 e. The lowest BCUT2D eigenvalue weighted by Crippen LogP contribution is -2.39. The molecule has 2 aromatic heterocycles. The van der Waals surface area contributed by atoms with Gasteiger partial charge in [0.1, 0.15) is 5.82 Å². The molecule has 4 rings (SSSR count). The molecule has 3 heterocycles. The molecule has 0 saturated carbocycles. The zero-order valence-corrected chi connectivity index (χ0v) is 15.9. The second kappa shape index (κ2) is 7.48. The van der Waals surface area contributed by atoms with Crippen molar-refractivity contribution in [3.8, 4) is 0 Å². The molecule has 1 N–H and O–H groups in total. The molecule has 0 atom stereocenters. The van der Waals surface area contributed by atoms with Crippen molar-refractivity contribution in [2.24, 2.45) is 0 Å². The van der Waals surface area contributed by atoms with Gasteiger partial charge in [0.25, 0.3) is 0 Å². The van der Waals surface area contributed by atoms with Gasteiger partial charge in [0.05, 0.1) is 6.54 Å². The van der Waals surface area contributed by atoms with Crippen LogP contribution in [0.5, 0.6) is 0 Å². The number of nitrogens with one attached hydrogen (secondary N) is 1. The van der Waals surface area contributed by atoms with E-state index in [1.807, 2.05) is 43.5 Å². The molecule has 1 amide bonds. The molecule has 27 heavy (non-hydrogen) atoms. The SMILES string of the molecule is Cc1cccc(NC(=O)CN2CCC(c3nnc4ccccn34)CC2)c1C. The van der Waals surface area contributed by atoms with Crippen LogP contribution >= 0.6 is 0 Å². The van der Waals surface area contributed by atoms with E-state index in [2.05, 4.69) is 37.8 Å². The van der Waals surface area contributed by atoms with Crippen molar-refractivity contribution >= 4 is 17.2 Å². The number of aromatic nitrogens is 3. The normalized spacial score (nSPS) is 15.9. The highest BCUT2D eigenvalue weighted by atomic mass is 16.2. The summed E-state index contributed by atoms with van der Waals surface area (Å²) in [5, 5.41) is 11.7. The first-order chi connectivity index (χ1) is 13.1. The lowest BCUT2D eigenvalue weighted by molar-refractivity contribution is -0.117. The van der Waals surface area contributed by atoms with Crippen LogP contribution < -0.4 is 5.32 Å². The maximum atomic E-state index is 12.4. The first-order valence-electron chi connectivity index (χ1n) is 9.50. The molecule has 0 unspecified atom stereocenters. The van der Waals surface area contributed by atoms with Gasteiger partial charge in [-0.3, -0.25) is 14.1 Å². The van der Waals surface area contributed by atoms with E-state index in [4.69, 9.17) is 0 Å². The van der Waals surface area contributed by atoms with Gasteiger partial charge in [-0.1, -0.05) is 18.2 Å². The number of anilines is 1. The fourth-order valence-corrected chi connectivity index (χ4v) is 3.77. The van der Waals surface area contributed by atoms with Crippen LogP contribution in [0.25, 0.3) is 5.65 Å². The fraction of sp³-hybridized carbons (Fsp3) is 0.381. The maximum absolute atomic E-state index is 12.4. The van der Waals surface area contributed by atoms with Crippen molar-refractivity contribution < 1.29 is 4.79 Å². The molecule has 0 radical (unpaired) electrons. The van der Waals surface area contributed by atoms with Crippen LogP contribution in [0.15, 0.2) is 42.6 Å². The van der Waals surface area contributed by atoms with E-state index in [-0.39, 0.29) is 5.91 Å². The first-order valence-corrected chi connectivity index (χ1v) is 9.50. The summed E-state index contributed by atoms with van der Waals surface area (Å²) in [6.45, 7) is 6.32. The van der Waals surface area contributed by atoms with E-state index in [1.54, 1.807) is 0 Å². The largest absolute Gasteiger partial charge is 0.325 e. The van der Waals surface area contributed by atoms with Crippen LogP contribution in [0.3, 0.4) is 0 Å². The van der Waals surface area contributed by atoms with E-state index in [0.29, 0.717) is 12.5 Å². The third kappa shape index (κ3) is 3.71. The Morgan fingerprint density at radius 2 is 1.93 bits per heavy atom. The molecule has 6 heteroatoms. The zero-order chi connectivity index (χ0) is 18.8. The summed E-state index contributed by atoms with van der Waals surface area (Å²) < 4.78 is 2.08. The number of benzene rings is 1. The molecule has 6 nitrogen and oxygen atoms in total. The number of aryl methyl sites for hydroxylation is 1.